The first-order valence-corrected chi connectivity index (χ1v) is 8.34. The quantitative estimate of drug-likeness (QED) is 0.843. The van der Waals surface area contributed by atoms with Crippen molar-refractivity contribution in [2.45, 2.75) is 31.5 Å². The van der Waals surface area contributed by atoms with Crippen molar-refractivity contribution in [1.29, 1.82) is 0 Å². The molecule has 26 heavy (non-hydrogen) atoms. The molecule has 1 N–H and O–H groups in total. The van der Waals surface area contributed by atoms with E-state index in [1.165, 1.54) is 12.3 Å². The standard InChI is InChI=1S/C19H19F3N2O2/c1-12(14-7-8-17(23-10-14)26-11-19(20,21)22)24-18(25)16-9-15(16)13-5-3-2-4-6-13/h2-8,10,12,15-16H,9,11H2,1H3,(H,24,25)/t12-,15-,16+/m1/s1. The number of benzene rings is 1. The summed E-state index contributed by atoms with van der Waals surface area (Å²) in [6.07, 6.45) is -2.16. The van der Waals surface area contributed by atoms with Crippen molar-refractivity contribution in [2.24, 2.45) is 5.92 Å². The molecule has 1 aromatic carbocycles. The molecular weight excluding hydrogens is 345 g/mol. The van der Waals surface area contributed by atoms with Crippen LogP contribution in [0, 0.1) is 5.92 Å². The maximum absolute atomic E-state index is 12.4. The van der Waals surface area contributed by atoms with E-state index in [1.807, 2.05) is 37.3 Å². The topological polar surface area (TPSA) is 51.2 Å². The summed E-state index contributed by atoms with van der Waals surface area (Å²) in [5.41, 5.74) is 1.86. The van der Waals surface area contributed by atoms with Gasteiger partial charge in [0.2, 0.25) is 11.8 Å². The number of carbonyl (C=O) groups is 1. The van der Waals surface area contributed by atoms with Crippen molar-refractivity contribution in [3.8, 4) is 5.88 Å². The zero-order valence-corrected chi connectivity index (χ0v) is 14.2. The summed E-state index contributed by atoms with van der Waals surface area (Å²) >= 11 is 0. The van der Waals surface area contributed by atoms with E-state index in [4.69, 9.17) is 0 Å². The Morgan fingerprint density at radius 3 is 2.62 bits per heavy atom. The molecule has 1 fully saturated rings. The van der Waals surface area contributed by atoms with Crippen molar-refractivity contribution in [2.75, 3.05) is 6.61 Å². The number of halogens is 3. The molecule has 4 nitrogen and oxygen atoms in total. The van der Waals surface area contributed by atoms with Gasteiger partial charge in [-0.2, -0.15) is 13.2 Å². The first kappa shape index (κ1) is 18.2. The van der Waals surface area contributed by atoms with Gasteiger partial charge < -0.3 is 10.1 Å². The number of ether oxygens (including phenoxy) is 1. The fourth-order valence-electron chi connectivity index (χ4n) is 2.85. The average Bonchev–Trinajstić information content (AvgIpc) is 3.41. The second kappa shape index (κ2) is 7.35. The van der Waals surface area contributed by atoms with Crippen LogP contribution in [0.5, 0.6) is 5.88 Å². The maximum atomic E-state index is 12.4. The normalized spacial score (nSPS) is 20.3. The molecule has 1 aliphatic carbocycles. The molecule has 7 heteroatoms. The molecule has 2 aromatic rings. The van der Waals surface area contributed by atoms with Gasteiger partial charge >= 0.3 is 6.18 Å². The lowest BCUT2D eigenvalue weighted by atomic mass is 10.1. The van der Waals surface area contributed by atoms with Gasteiger partial charge in [0.25, 0.3) is 0 Å². The van der Waals surface area contributed by atoms with Gasteiger partial charge in [-0.15, -0.1) is 0 Å². The molecule has 1 aliphatic rings. The van der Waals surface area contributed by atoms with Crippen molar-refractivity contribution in [1.82, 2.24) is 10.3 Å². The van der Waals surface area contributed by atoms with Gasteiger partial charge in [0.1, 0.15) is 0 Å². The number of pyridine rings is 1. The fraction of sp³-hybridized carbons (Fsp3) is 0.368. The summed E-state index contributed by atoms with van der Waals surface area (Å²) in [6, 6.07) is 12.6. The van der Waals surface area contributed by atoms with Gasteiger partial charge in [0.15, 0.2) is 6.61 Å². The third-order valence-electron chi connectivity index (χ3n) is 4.36. The van der Waals surface area contributed by atoms with Crippen LogP contribution in [0.1, 0.15) is 36.4 Å². The second-order valence-electron chi connectivity index (χ2n) is 6.42. The molecule has 0 aliphatic heterocycles. The number of amides is 1. The minimum Gasteiger partial charge on any atom is -0.468 e. The van der Waals surface area contributed by atoms with Crippen molar-refractivity contribution >= 4 is 5.91 Å². The molecule has 0 bridgehead atoms. The monoisotopic (exact) mass is 364 g/mol. The van der Waals surface area contributed by atoms with Crippen molar-refractivity contribution in [3.05, 3.63) is 59.8 Å². The largest absolute Gasteiger partial charge is 0.468 e. The molecule has 1 amide bonds. The van der Waals surface area contributed by atoms with Gasteiger partial charge in [-0.05, 0) is 30.4 Å². The third kappa shape index (κ3) is 4.74. The summed E-state index contributed by atoms with van der Waals surface area (Å²) in [5.74, 6) is 0.0848. The van der Waals surface area contributed by atoms with Gasteiger partial charge in [0.05, 0.1) is 6.04 Å². The van der Waals surface area contributed by atoms with Crippen LogP contribution in [0.4, 0.5) is 13.2 Å². The van der Waals surface area contributed by atoms with E-state index in [1.54, 1.807) is 6.07 Å². The van der Waals surface area contributed by atoms with Crippen LogP contribution in [-0.4, -0.2) is 23.7 Å². The van der Waals surface area contributed by atoms with E-state index >= 15 is 0 Å². The predicted octanol–water partition coefficient (Wildman–Crippen LogP) is 4.00. The first-order chi connectivity index (χ1) is 12.3. The summed E-state index contributed by atoms with van der Waals surface area (Å²) in [5, 5.41) is 2.93. The summed E-state index contributed by atoms with van der Waals surface area (Å²) in [6.45, 7) is 0.430. The van der Waals surface area contributed by atoms with E-state index in [9.17, 15) is 18.0 Å². The molecule has 1 heterocycles. The third-order valence-corrected chi connectivity index (χ3v) is 4.36. The molecule has 1 aromatic heterocycles. The molecule has 0 unspecified atom stereocenters. The number of aromatic nitrogens is 1. The minimum atomic E-state index is -4.40. The van der Waals surface area contributed by atoms with Crippen molar-refractivity contribution < 1.29 is 22.7 Å². The Bertz CT molecular complexity index is 748. The Labute approximate surface area is 149 Å². The van der Waals surface area contributed by atoms with Gasteiger partial charge in [-0.3, -0.25) is 4.79 Å². The number of nitrogens with zero attached hydrogens (tertiary/aromatic N) is 1. The molecule has 1 saturated carbocycles. The first-order valence-electron chi connectivity index (χ1n) is 8.34. The molecule has 0 spiro atoms. The zero-order chi connectivity index (χ0) is 18.7. The smallest absolute Gasteiger partial charge is 0.422 e. The number of carbonyl (C=O) groups excluding carboxylic acids is 1. The highest BCUT2D eigenvalue weighted by molar-refractivity contribution is 5.83. The van der Waals surface area contributed by atoms with Crippen LogP contribution in [-0.2, 0) is 4.79 Å². The minimum absolute atomic E-state index is 0.0243. The molecule has 138 valence electrons. The van der Waals surface area contributed by atoms with E-state index in [2.05, 4.69) is 15.0 Å². The lowest BCUT2D eigenvalue weighted by Gasteiger charge is -2.15. The number of rotatable bonds is 6. The lowest BCUT2D eigenvalue weighted by Crippen LogP contribution is -2.28. The highest BCUT2D eigenvalue weighted by Crippen LogP contribution is 2.47. The number of alkyl halides is 3. The van der Waals surface area contributed by atoms with E-state index in [0.29, 0.717) is 5.56 Å². The van der Waals surface area contributed by atoms with Gasteiger partial charge in [-0.25, -0.2) is 4.98 Å². The predicted molar refractivity (Wildman–Crippen MR) is 89.6 cm³/mol. The fourth-order valence-corrected chi connectivity index (χ4v) is 2.85. The Morgan fingerprint density at radius 1 is 1.27 bits per heavy atom. The average molecular weight is 364 g/mol. The summed E-state index contributed by atoms with van der Waals surface area (Å²) in [7, 11) is 0. The highest BCUT2D eigenvalue weighted by Gasteiger charge is 2.44. The SMILES string of the molecule is C[C@@H](NC(=O)[C@H]1C[C@@H]1c1ccccc1)c1ccc(OCC(F)(F)F)nc1. The van der Waals surface area contributed by atoms with Crippen LogP contribution in [0.15, 0.2) is 48.7 Å². The Morgan fingerprint density at radius 2 is 2.00 bits per heavy atom. The Kier molecular flexibility index (Phi) is 5.15. The summed E-state index contributed by atoms with van der Waals surface area (Å²) < 4.78 is 41.0. The Hall–Kier alpha value is -2.57. The van der Waals surface area contributed by atoms with E-state index in [0.717, 1.165) is 12.0 Å². The van der Waals surface area contributed by atoms with Crippen molar-refractivity contribution in [3.63, 3.8) is 0 Å². The lowest BCUT2D eigenvalue weighted by molar-refractivity contribution is -0.154. The molecule has 0 radical (unpaired) electrons. The molecule has 3 rings (SSSR count). The molecular formula is C19H19F3N2O2. The number of nitrogens with one attached hydrogen (secondary N) is 1. The maximum Gasteiger partial charge on any atom is 0.422 e. The van der Waals surface area contributed by atoms with Crippen LogP contribution >= 0.6 is 0 Å². The van der Waals surface area contributed by atoms with Crippen LogP contribution in [0.2, 0.25) is 0 Å². The highest BCUT2D eigenvalue weighted by atomic mass is 19.4. The van der Waals surface area contributed by atoms with E-state index in [-0.39, 0.29) is 29.7 Å². The van der Waals surface area contributed by atoms with Crippen LogP contribution in [0.3, 0.4) is 0 Å². The van der Waals surface area contributed by atoms with Crippen LogP contribution in [0.25, 0.3) is 0 Å². The number of hydrogen-bond donors (Lipinski definition) is 1. The second-order valence-corrected chi connectivity index (χ2v) is 6.42. The van der Waals surface area contributed by atoms with Gasteiger partial charge in [0, 0.05) is 18.2 Å². The number of hydrogen-bond acceptors (Lipinski definition) is 3. The van der Waals surface area contributed by atoms with E-state index < -0.39 is 12.8 Å². The molecule has 3 atom stereocenters. The van der Waals surface area contributed by atoms with Crippen LogP contribution < -0.4 is 10.1 Å². The summed E-state index contributed by atoms with van der Waals surface area (Å²) in [4.78, 5) is 16.2. The zero-order valence-electron chi connectivity index (χ0n) is 14.2. The molecule has 0 saturated heterocycles. The van der Waals surface area contributed by atoms with Gasteiger partial charge in [-0.1, -0.05) is 36.4 Å². The Balaban J connectivity index is 1.52.